The Balaban J connectivity index is 2.46. The molecule has 0 heterocycles. The lowest BCUT2D eigenvalue weighted by molar-refractivity contribution is -0.120. The van der Waals surface area contributed by atoms with E-state index < -0.39 is 0 Å². The Kier molecular flexibility index (Phi) is 7.15. The maximum Gasteiger partial charge on any atom is 0.251 e. The smallest absolute Gasteiger partial charge is 0.251 e. The molecule has 0 atom stereocenters. The van der Waals surface area contributed by atoms with Crippen LogP contribution in [0.5, 0.6) is 0 Å². The molecule has 0 saturated carbocycles. The van der Waals surface area contributed by atoms with E-state index in [4.69, 9.17) is 0 Å². The number of Topliss-reactive ketones (excluding diaryl/α,β-unsaturated/α-hetero) is 1. The summed E-state index contributed by atoms with van der Waals surface area (Å²) in [4.78, 5) is 33.8. The predicted octanol–water partition coefficient (Wildman–Crippen LogP) is 1.46. The maximum absolute atomic E-state index is 11.8. The highest BCUT2D eigenvalue weighted by Crippen LogP contribution is 2.10. The zero-order chi connectivity index (χ0) is 15.7. The molecule has 5 heteroatoms. The van der Waals surface area contributed by atoms with Gasteiger partial charge in [-0.2, -0.15) is 0 Å². The summed E-state index contributed by atoms with van der Waals surface area (Å²) in [7, 11) is 1.63. The minimum Gasteiger partial charge on any atom is -0.359 e. The predicted molar refractivity (Wildman–Crippen MR) is 81.1 cm³/mol. The Morgan fingerprint density at radius 2 is 1.90 bits per heavy atom. The highest BCUT2D eigenvalue weighted by molar-refractivity contribution is 5.96. The standard InChI is InChI=1S/C16H22N2O3/c1-12(19)11-18-16(21)14-8-5-7-13(10-14)6-3-4-9-15(20)17-2/h5,7-8,10H,3-4,6,9,11H2,1-2H3,(H,17,20)(H,18,21). The number of carbonyl (C=O) groups excluding carboxylic acids is 3. The van der Waals surface area contributed by atoms with Gasteiger partial charge in [-0.05, 0) is 43.9 Å². The fourth-order valence-corrected chi connectivity index (χ4v) is 1.91. The van der Waals surface area contributed by atoms with Crippen molar-refractivity contribution >= 4 is 17.6 Å². The number of carbonyl (C=O) groups is 3. The number of amides is 2. The van der Waals surface area contributed by atoms with Gasteiger partial charge >= 0.3 is 0 Å². The van der Waals surface area contributed by atoms with Gasteiger partial charge in [-0.25, -0.2) is 0 Å². The largest absolute Gasteiger partial charge is 0.359 e. The lowest BCUT2D eigenvalue weighted by atomic mass is 10.0. The second kappa shape index (κ2) is 8.89. The molecule has 0 unspecified atom stereocenters. The summed E-state index contributed by atoms with van der Waals surface area (Å²) in [6.45, 7) is 1.48. The van der Waals surface area contributed by atoms with Gasteiger partial charge in [0.15, 0.2) is 0 Å². The third-order valence-corrected chi connectivity index (χ3v) is 3.09. The van der Waals surface area contributed by atoms with E-state index in [2.05, 4.69) is 10.6 Å². The number of hydrogen-bond acceptors (Lipinski definition) is 3. The van der Waals surface area contributed by atoms with Crippen molar-refractivity contribution in [2.75, 3.05) is 13.6 Å². The highest BCUT2D eigenvalue weighted by Gasteiger charge is 2.07. The van der Waals surface area contributed by atoms with Crippen LogP contribution in [-0.4, -0.2) is 31.2 Å². The Bertz CT molecular complexity index is 512. The first-order valence-electron chi connectivity index (χ1n) is 7.10. The normalized spacial score (nSPS) is 10.0. The van der Waals surface area contributed by atoms with Crippen molar-refractivity contribution < 1.29 is 14.4 Å². The van der Waals surface area contributed by atoms with Gasteiger partial charge in [0.25, 0.3) is 5.91 Å². The molecule has 1 rings (SSSR count). The number of hydrogen-bond donors (Lipinski definition) is 2. The molecule has 5 nitrogen and oxygen atoms in total. The Hall–Kier alpha value is -2.17. The molecule has 0 aliphatic rings. The van der Waals surface area contributed by atoms with Crippen molar-refractivity contribution in [1.82, 2.24) is 10.6 Å². The molecule has 0 saturated heterocycles. The molecule has 0 spiro atoms. The number of aryl methyl sites for hydroxylation is 1. The van der Waals surface area contributed by atoms with E-state index in [0.29, 0.717) is 12.0 Å². The van der Waals surface area contributed by atoms with Gasteiger partial charge in [-0.3, -0.25) is 14.4 Å². The molecule has 0 aromatic heterocycles. The van der Waals surface area contributed by atoms with Gasteiger partial charge < -0.3 is 10.6 Å². The molecule has 21 heavy (non-hydrogen) atoms. The fourth-order valence-electron chi connectivity index (χ4n) is 1.91. The van der Waals surface area contributed by atoms with Crippen molar-refractivity contribution in [1.29, 1.82) is 0 Å². The molecule has 0 bridgehead atoms. The monoisotopic (exact) mass is 290 g/mol. The fraction of sp³-hybridized carbons (Fsp3) is 0.438. The molecular weight excluding hydrogens is 268 g/mol. The maximum atomic E-state index is 11.8. The lowest BCUT2D eigenvalue weighted by Gasteiger charge is -2.06. The topological polar surface area (TPSA) is 75.3 Å². The number of nitrogens with one attached hydrogen (secondary N) is 2. The van der Waals surface area contributed by atoms with Crippen LogP contribution in [-0.2, 0) is 16.0 Å². The summed E-state index contributed by atoms with van der Waals surface area (Å²) in [5.41, 5.74) is 1.61. The quantitative estimate of drug-likeness (QED) is 0.712. The summed E-state index contributed by atoms with van der Waals surface area (Å²) in [6.07, 6.45) is 3.06. The SMILES string of the molecule is CNC(=O)CCCCc1cccc(C(=O)NCC(C)=O)c1. The highest BCUT2D eigenvalue weighted by atomic mass is 16.2. The van der Waals surface area contributed by atoms with Gasteiger partial charge in [0.1, 0.15) is 5.78 Å². The molecule has 2 amide bonds. The van der Waals surface area contributed by atoms with Crippen LogP contribution in [0.15, 0.2) is 24.3 Å². The van der Waals surface area contributed by atoms with Crippen molar-refractivity contribution in [2.45, 2.75) is 32.6 Å². The molecular formula is C16H22N2O3. The van der Waals surface area contributed by atoms with Gasteiger partial charge in [0, 0.05) is 19.0 Å². The van der Waals surface area contributed by atoms with E-state index in [0.717, 1.165) is 24.8 Å². The summed E-state index contributed by atoms with van der Waals surface area (Å²) in [6, 6.07) is 7.34. The van der Waals surface area contributed by atoms with Crippen LogP contribution < -0.4 is 10.6 Å². The van der Waals surface area contributed by atoms with Crippen molar-refractivity contribution in [3.8, 4) is 0 Å². The zero-order valence-electron chi connectivity index (χ0n) is 12.6. The van der Waals surface area contributed by atoms with Crippen LogP contribution >= 0.6 is 0 Å². The number of ketones is 1. The van der Waals surface area contributed by atoms with Gasteiger partial charge in [0.05, 0.1) is 6.54 Å². The number of unbranched alkanes of at least 4 members (excludes halogenated alkanes) is 1. The third kappa shape index (κ3) is 6.70. The van der Waals surface area contributed by atoms with E-state index in [-0.39, 0.29) is 24.1 Å². The van der Waals surface area contributed by atoms with E-state index >= 15 is 0 Å². The van der Waals surface area contributed by atoms with Crippen LogP contribution in [0.2, 0.25) is 0 Å². The number of benzene rings is 1. The summed E-state index contributed by atoms with van der Waals surface area (Å²) in [5.74, 6) is -0.265. The Labute approximate surface area is 125 Å². The van der Waals surface area contributed by atoms with E-state index in [1.54, 1.807) is 13.1 Å². The first kappa shape index (κ1) is 16.9. The zero-order valence-corrected chi connectivity index (χ0v) is 12.6. The molecule has 2 N–H and O–H groups in total. The Morgan fingerprint density at radius 3 is 2.57 bits per heavy atom. The first-order valence-corrected chi connectivity index (χ1v) is 7.10. The molecule has 1 aromatic carbocycles. The van der Waals surface area contributed by atoms with Crippen molar-refractivity contribution in [3.05, 3.63) is 35.4 Å². The van der Waals surface area contributed by atoms with Gasteiger partial charge in [-0.1, -0.05) is 12.1 Å². The van der Waals surface area contributed by atoms with E-state index in [1.807, 2.05) is 18.2 Å². The minimum absolute atomic E-state index is 0.0485. The van der Waals surface area contributed by atoms with E-state index in [1.165, 1.54) is 6.92 Å². The van der Waals surface area contributed by atoms with Crippen molar-refractivity contribution in [2.24, 2.45) is 0 Å². The molecule has 1 aromatic rings. The second-order valence-electron chi connectivity index (χ2n) is 4.97. The average molecular weight is 290 g/mol. The van der Waals surface area contributed by atoms with Gasteiger partial charge in [-0.15, -0.1) is 0 Å². The summed E-state index contributed by atoms with van der Waals surface area (Å²) < 4.78 is 0. The summed E-state index contributed by atoms with van der Waals surface area (Å²) in [5, 5.41) is 5.17. The molecule has 0 aliphatic heterocycles. The average Bonchev–Trinajstić information content (AvgIpc) is 2.49. The molecule has 0 radical (unpaired) electrons. The van der Waals surface area contributed by atoms with Crippen LogP contribution in [0, 0.1) is 0 Å². The third-order valence-electron chi connectivity index (χ3n) is 3.09. The van der Waals surface area contributed by atoms with Crippen LogP contribution in [0.3, 0.4) is 0 Å². The molecule has 0 fully saturated rings. The van der Waals surface area contributed by atoms with Crippen molar-refractivity contribution in [3.63, 3.8) is 0 Å². The molecule has 0 aliphatic carbocycles. The minimum atomic E-state index is -0.239. The molecule has 114 valence electrons. The van der Waals surface area contributed by atoms with Crippen LogP contribution in [0.25, 0.3) is 0 Å². The first-order chi connectivity index (χ1) is 10.0. The summed E-state index contributed by atoms with van der Waals surface area (Å²) >= 11 is 0. The van der Waals surface area contributed by atoms with Crippen LogP contribution in [0.4, 0.5) is 0 Å². The van der Waals surface area contributed by atoms with Gasteiger partial charge in [0.2, 0.25) is 5.91 Å². The number of rotatable bonds is 8. The lowest BCUT2D eigenvalue weighted by Crippen LogP contribution is -2.28. The van der Waals surface area contributed by atoms with Crippen LogP contribution in [0.1, 0.15) is 42.1 Å². The second-order valence-corrected chi connectivity index (χ2v) is 4.97. The van der Waals surface area contributed by atoms with E-state index in [9.17, 15) is 14.4 Å². The Morgan fingerprint density at radius 1 is 1.14 bits per heavy atom.